The molecule has 1 amide bonds. The van der Waals surface area contributed by atoms with Crippen molar-refractivity contribution in [3.05, 3.63) is 48.3 Å². The molecular formula is C19H26N4O. The summed E-state index contributed by atoms with van der Waals surface area (Å²) >= 11 is 0. The van der Waals surface area contributed by atoms with Crippen molar-refractivity contribution in [1.29, 1.82) is 0 Å². The molecule has 0 spiro atoms. The van der Waals surface area contributed by atoms with Crippen LogP contribution in [0.5, 0.6) is 0 Å². The lowest BCUT2D eigenvalue weighted by atomic mass is 10.2. The van der Waals surface area contributed by atoms with Crippen LogP contribution >= 0.6 is 0 Å². The second kappa shape index (κ2) is 8.91. The number of hydrogen-bond acceptors (Lipinski definition) is 4. The number of nitrogens with zero attached hydrogens (tertiary/aromatic N) is 2. The summed E-state index contributed by atoms with van der Waals surface area (Å²) < 4.78 is 0. The fraction of sp³-hybridized carbons (Fsp3) is 0.368. The highest BCUT2D eigenvalue weighted by molar-refractivity contribution is 6.03. The summed E-state index contributed by atoms with van der Waals surface area (Å²) in [4.78, 5) is 18.5. The molecule has 0 saturated heterocycles. The van der Waals surface area contributed by atoms with Crippen molar-refractivity contribution in [2.75, 3.05) is 36.2 Å². The molecule has 0 bridgehead atoms. The Balaban J connectivity index is 1.96. The molecule has 0 aliphatic carbocycles. The van der Waals surface area contributed by atoms with E-state index in [2.05, 4.69) is 22.5 Å². The van der Waals surface area contributed by atoms with Gasteiger partial charge < -0.3 is 15.5 Å². The number of carbonyl (C=O) groups excluding carboxylic acids is 1. The smallest absolute Gasteiger partial charge is 0.274 e. The lowest BCUT2D eigenvalue weighted by Gasteiger charge is -2.13. The van der Waals surface area contributed by atoms with E-state index < -0.39 is 0 Å². The van der Waals surface area contributed by atoms with Crippen LogP contribution in [-0.4, -0.2) is 31.5 Å². The van der Waals surface area contributed by atoms with E-state index in [1.807, 2.05) is 49.3 Å². The van der Waals surface area contributed by atoms with Crippen LogP contribution in [-0.2, 0) is 0 Å². The van der Waals surface area contributed by atoms with Crippen LogP contribution in [0.3, 0.4) is 0 Å². The molecule has 5 nitrogen and oxygen atoms in total. The molecule has 1 aromatic heterocycles. The third kappa shape index (κ3) is 5.26. The number of rotatable bonds is 8. The molecule has 1 aromatic carbocycles. The van der Waals surface area contributed by atoms with Gasteiger partial charge in [0.2, 0.25) is 0 Å². The lowest BCUT2D eigenvalue weighted by molar-refractivity contribution is 0.102. The summed E-state index contributed by atoms with van der Waals surface area (Å²) in [7, 11) is 3.97. The number of benzene rings is 1. The van der Waals surface area contributed by atoms with E-state index in [1.54, 1.807) is 12.3 Å². The maximum Gasteiger partial charge on any atom is 0.274 e. The minimum absolute atomic E-state index is 0.204. The van der Waals surface area contributed by atoms with Gasteiger partial charge in [0.25, 0.3) is 5.91 Å². The Morgan fingerprint density at radius 3 is 2.50 bits per heavy atom. The molecule has 0 aliphatic rings. The average molecular weight is 326 g/mol. The fourth-order valence-electron chi connectivity index (χ4n) is 2.31. The molecule has 2 N–H and O–H groups in total. The van der Waals surface area contributed by atoms with E-state index >= 15 is 0 Å². The zero-order valence-corrected chi connectivity index (χ0v) is 14.7. The second-order valence-electron chi connectivity index (χ2n) is 5.96. The van der Waals surface area contributed by atoms with E-state index in [4.69, 9.17) is 0 Å². The predicted molar refractivity (Wildman–Crippen MR) is 101 cm³/mol. The molecule has 0 fully saturated rings. The van der Waals surface area contributed by atoms with E-state index in [1.165, 1.54) is 12.8 Å². The molecule has 0 atom stereocenters. The minimum Gasteiger partial charge on any atom is -0.385 e. The Kier molecular flexibility index (Phi) is 6.61. The van der Waals surface area contributed by atoms with Crippen molar-refractivity contribution < 1.29 is 4.79 Å². The molecule has 2 aromatic rings. The first-order valence-corrected chi connectivity index (χ1v) is 8.39. The molecule has 5 heteroatoms. The van der Waals surface area contributed by atoms with Gasteiger partial charge in [-0.05, 0) is 42.8 Å². The Morgan fingerprint density at radius 1 is 1.08 bits per heavy atom. The monoisotopic (exact) mass is 326 g/mol. The first-order chi connectivity index (χ1) is 11.6. The van der Waals surface area contributed by atoms with Gasteiger partial charge in [-0.15, -0.1) is 0 Å². The van der Waals surface area contributed by atoms with Gasteiger partial charge in [-0.2, -0.15) is 0 Å². The molecule has 128 valence electrons. The van der Waals surface area contributed by atoms with Crippen LogP contribution in [0.4, 0.5) is 17.1 Å². The van der Waals surface area contributed by atoms with Crippen LogP contribution in [0.25, 0.3) is 0 Å². The summed E-state index contributed by atoms with van der Waals surface area (Å²) in [6.07, 6.45) is 5.18. The molecular weight excluding hydrogens is 300 g/mol. The number of anilines is 3. The van der Waals surface area contributed by atoms with E-state index in [0.717, 1.165) is 30.0 Å². The topological polar surface area (TPSA) is 57.3 Å². The van der Waals surface area contributed by atoms with Gasteiger partial charge in [0.1, 0.15) is 5.69 Å². The summed E-state index contributed by atoms with van der Waals surface area (Å²) in [6, 6.07) is 11.4. The van der Waals surface area contributed by atoms with Crippen molar-refractivity contribution in [1.82, 2.24) is 4.98 Å². The quantitative estimate of drug-likeness (QED) is 0.720. The Bertz CT molecular complexity index is 653. The Morgan fingerprint density at radius 2 is 1.83 bits per heavy atom. The van der Waals surface area contributed by atoms with Crippen molar-refractivity contribution in [3.8, 4) is 0 Å². The third-order valence-electron chi connectivity index (χ3n) is 3.74. The largest absolute Gasteiger partial charge is 0.385 e. The predicted octanol–water partition coefficient (Wildman–Crippen LogP) is 4.00. The Hall–Kier alpha value is -2.56. The van der Waals surface area contributed by atoms with Gasteiger partial charge in [0.05, 0.1) is 0 Å². The van der Waals surface area contributed by atoms with Gasteiger partial charge >= 0.3 is 0 Å². The summed E-state index contributed by atoms with van der Waals surface area (Å²) in [5.74, 6) is -0.204. The lowest BCUT2D eigenvalue weighted by Crippen LogP contribution is -2.14. The van der Waals surface area contributed by atoms with Crippen LogP contribution in [0.2, 0.25) is 0 Å². The number of nitrogens with one attached hydrogen (secondary N) is 2. The first-order valence-electron chi connectivity index (χ1n) is 8.39. The molecule has 2 rings (SSSR count). The van der Waals surface area contributed by atoms with Gasteiger partial charge in [-0.25, -0.2) is 0 Å². The molecule has 24 heavy (non-hydrogen) atoms. The highest BCUT2D eigenvalue weighted by Gasteiger charge is 2.08. The maximum absolute atomic E-state index is 12.3. The molecule has 1 heterocycles. The van der Waals surface area contributed by atoms with Gasteiger partial charge in [-0.1, -0.05) is 19.8 Å². The highest BCUT2D eigenvalue weighted by atomic mass is 16.1. The van der Waals surface area contributed by atoms with Crippen molar-refractivity contribution >= 4 is 23.0 Å². The standard InChI is InChI=1S/C19H26N4O/c1-4-5-6-12-20-16-11-13-21-18(14-16)19(24)22-15-7-9-17(10-8-15)23(2)3/h7-11,13-14H,4-6,12H2,1-3H3,(H,20,21)(H,22,24). The minimum atomic E-state index is -0.204. The fourth-order valence-corrected chi connectivity index (χ4v) is 2.31. The normalized spacial score (nSPS) is 10.3. The van der Waals surface area contributed by atoms with E-state index in [-0.39, 0.29) is 5.91 Å². The summed E-state index contributed by atoms with van der Waals surface area (Å²) in [5.41, 5.74) is 3.18. The highest BCUT2D eigenvalue weighted by Crippen LogP contribution is 2.17. The van der Waals surface area contributed by atoms with Crippen LogP contribution in [0.1, 0.15) is 36.7 Å². The van der Waals surface area contributed by atoms with Crippen LogP contribution < -0.4 is 15.5 Å². The SMILES string of the molecule is CCCCCNc1ccnc(C(=O)Nc2ccc(N(C)C)cc2)c1. The Labute approximate surface area is 144 Å². The van der Waals surface area contributed by atoms with Crippen LogP contribution in [0, 0.1) is 0 Å². The number of amides is 1. The molecule has 0 unspecified atom stereocenters. The molecule has 0 aliphatic heterocycles. The second-order valence-corrected chi connectivity index (χ2v) is 5.96. The van der Waals surface area contributed by atoms with Gasteiger partial charge in [-0.3, -0.25) is 9.78 Å². The maximum atomic E-state index is 12.3. The number of unbranched alkanes of at least 4 members (excludes halogenated alkanes) is 2. The number of carbonyl (C=O) groups is 1. The van der Waals surface area contributed by atoms with Crippen molar-refractivity contribution in [2.45, 2.75) is 26.2 Å². The third-order valence-corrected chi connectivity index (χ3v) is 3.74. The van der Waals surface area contributed by atoms with Crippen molar-refractivity contribution in [2.24, 2.45) is 0 Å². The average Bonchev–Trinajstić information content (AvgIpc) is 2.59. The van der Waals surface area contributed by atoms with Crippen LogP contribution in [0.15, 0.2) is 42.6 Å². The van der Waals surface area contributed by atoms with Gasteiger partial charge in [0, 0.05) is 43.9 Å². The molecule has 0 radical (unpaired) electrons. The zero-order valence-electron chi connectivity index (χ0n) is 14.7. The van der Waals surface area contributed by atoms with E-state index in [0.29, 0.717) is 5.69 Å². The molecule has 0 saturated carbocycles. The summed E-state index contributed by atoms with van der Waals surface area (Å²) in [6.45, 7) is 3.09. The number of hydrogen-bond donors (Lipinski definition) is 2. The summed E-state index contributed by atoms with van der Waals surface area (Å²) in [5, 5.41) is 6.21. The van der Waals surface area contributed by atoms with Gasteiger partial charge in [0.15, 0.2) is 0 Å². The van der Waals surface area contributed by atoms with E-state index in [9.17, 15) is 4.79 Å². The van der Waals surface area contributed by atoms with Crippen molar-refractivity contribution in [3.63, 3.8) is 0 Å². The number of aromatic nitrogens is 1. The number of pyridine rings is 1. The zero-order chi connectivity index (χ0) is 17.4. The first kappa shape index (κ1) is 17.8.